The van der Waals surface area contributed by atoms with Crippen LogP contribution in [0.3, 0.4) is 0 Å². The Bertz CT molecular complexity index is 438. The summed E-state index contributed by atoms with van der Waals surface area (Å²) in [7, 11) is 0. The summed E-state index contributed by atoms with van der Waals surface area (Å²) in [6, 6.07) is 0. The van der Waals surface area contributed by atoms with Gasteiger partial charge in [0.15, 0.2) is 5.96 Å². The molecule has 2 aliphatic rings. The Labute approximate surface area is 176 Å². The Kier molecular flexibility index (Phi) is 11.5. The molecule has 2 fully saturated rings. The molecule has 0 aromatic heterocycles. The average Bonchev–Trinajstić information content (AvgIpc) is 3.06. The van der Waals surface area contributed by atoms with Gasteiger partial charge < -0.3 is 20.4 Å². The molecule has 7 heteroatoms. The zero-order valence-electron chi connectivity index (χ0n) is 16.8. The summed E-state index contributed by atoms with van der Waals surface area (Å²) in [5.74, 6) is 1.89. The van der Waals surface area contributed by atoms with Crippen molar-refractivity contribution in [1.29, 1.82) is 0 Å². The lowest BCUT2D eigenvalue weighted by Crippen LogP contribution is -2.41. The smallest absolute Gasteiger partial charge is 0.222 e. The second-order valence-electron chi connectivity index (χ2n) is 7.64. The zero-order valence-corrected chi connectivity index (χ0v) is 19.1. The molecule has 2 aliphatic heterocycles. The van der Waals surface area contributed by atoms with Crippen molar-refractivity contribution in [3.63, 3.8) is 0 Å². The summed E-state index contributed by atoms with van der Waals surface area (Å²) in [6.07, 6.45) is 5.38. The fraction of sp³-hybridized carbons (Fsp3) is 0.895. The summed E-state index contributed by atoms with van der Waals surface area (Å²) in [5.41, 5.74) is 0. The monoisotopic (exact) mass is 479 g/mol. The van der Waals surface area contributed by atoms with Crippen LogP contribution in [0.1, 0.15) is 46.5 Å². The topological polar surface area (TPSA) is 60.0 Å². The SMILES string of the molecule is CCNC(=NCCNC(=O)C(C)C)N1CCC(CN2CCCCC2)C1.I. The number of halogens is 1. The van der Waals surface area contributed by atoms with Gasteiger partial charge in [0.2, 0.25) is 5.91 Å². The maximum atomic E-state index is 11.6. The normalized spacial score (nSPS) is 21.6. The van der Waals surface area contributed by atoms with Gasteiger partial charge in [0.05, 0.1) is 6.54 Å². The molecule has 2 rings (SSSR count). The van der Waals surface area contributed by atoms with Gasteiger partial charge >= 0.3 is 0 Å². The van der Waals surface area contributed by atoms with E-state index in [1.54, 1.807) is 0 Å². The van der Waals surface area contributed by atoms with Gasteiger partial charge in [-0.05, 0) is 45.2 Å². The minimum Gasteiger partial charge on any atom is -0.357 e. The molecule has 2 saturated heterocycles. The second kappa shape index (κ2) is 12.8. The fourth-order valence-corrected chi connectivity index (χ4v) is 3.65. The lowest BCUT2D eigenvalue weighted by Gasteiger charge is -2.29. The third-order valence-electron chi connectivity index (χ3n) is 5.08. The maximum absolute atomic E-state index is 11.6. The Morgan fingerprint density at radius 1 is 1.15 bits per heavy atom. The number of likely N-dealkylation sites (tertiary alicyclic amines) is 2. The van der Waals surface area contributed by atoms with Crippen molar-refractivity contribution >= 4 is 35.8 Å². The number of amides is 1. The van der Waals surface area contributed by atoms with E-state index in [1.165, 1.54) is 45.3 Å². The molecule has 0 spiro atoms. The predicted octanol–water partition coefficient (Wildman–Crippen LogP) is 2.15. The van der Waals surface area contributed by atoms with E-state index in [1.807, 2.05) is 13.8 Å². The third-order valence-corrected chi connectivity index (χ3v) is 5.08. The van der Waals surface area contributed by atoms with E-state index in [9.17, 15) is 4.79 Å². The quantitative estimate of drug-likeness (QED) is 0.254. The second-order valence-corrected chi connectivity index (χ2v) is 7.64. The molecule has 0 saturated carbocycles. The first-order chi connectivity index (χ1) is 12.1. The summed E-state index contributed by atoms with van der Waals surface area (Å²) < 4.78 is 0. The summed E-state index contributed by atoms with van der Waals surface area (Å²) in [5, 5.41) is 6.34. The maximum Gasteiger partial charge on any atom is 0.222 e. The number of hydrogen-bond acceptors (Lipinski definition) is 3. The van der Waals surface area contributed by atoms with Gasteiger partial charge in [-0.1, -0.05) is 20.3 Å². The number of hydrogen-bond donors (Lipinski definition) is 2. The van der Waals surface area contributed by atoms with Gasteiger partial charge in [0, 0.05) is 38.6 Å². The van der Waals surface area contributed by atoms with E-state index in [4.69, 9.17) is 4.99 Å². The molecule has 26 heavy (non-hydrogen) atoms. The molecular formula is C19H38IN5O. The first kappa shape index (κ1) is 23.5. The largest absolute Gasteiger partial charge is 0.357 e. The number of carbonyl (C=O) groups excluding carboxylic acids is 1. The van der Waals surface area contributed by atoms with Crippen LogP contribution in [-0.2, 0) is 4.79 Å². The molecule has 0 bridgehead atoms. The highest BCUT2D eigenvalue weighted by atomic mass is 127. The molecule has 6 nitrogen and oxygen atoms in total. The molecule has 0 aromatic rings. The van der Waals surface area contributed by atoms with Crippen LogP contribution in [0.5, 0.6) is 0 Å². The van der Waals surface area contributed by atoms with E-state index in [-0.39, 0.29) is 35.8 Å². The third kappa shape index (κ3) is 7.98. The van der Waals surface area contributed by atoms with Gasteiger partial charge in [-0.3, -0.25) is 9.79 Å². The van der Waals surface area contributed by atoms with Crippen LogP contribution < -0.4 is 10.6 Å². The van der Waals surface area contributed by atoms with Crippen LogP contribution in [0.25, 0.3) is 0 Å². The Balaban J connectivity index is 0.00000338. The molecule has 2 heterocycles. The molecule has 152 valence electrons. The van der Waals surface area contributed by atoms with Crippen LogP contribution in [0.4, 0.5) is 0 Å². The molecule has 0 aliphatic carbocycles. The first-order valence-corrected chi connectivity index (χ1v) is 10.1. The van der Waals surface area contributed by atoms with E-state index in [0.717, 1.165) is 31.5 Å². The summed E-state index contributed by atoms with van der Waals surface area (Å²) in [6.45, 7) is 14.0. The van der Waals surface area contributed by atoms with Crippen molar-refractivity contribution < 1.29 is 4.79 Å². The van der Waals surface area contributed by atoms with Gasteiger partial charge in [0.25, 0.3) is 0 Å². The number of piperidine rings is 1. The molecule has 2 N–H and O–H groups in total. The number of nitrogens with one attached hydrogen (secondary N) is 2. The van der Waals surface area contributed by atoms with Gasteiger partial charge in [-0.25, -0.2) is 0 Å². The highest BCUT2D eigenvalue weighted by Crippen LogP contribution is 2.19. The minimum atomic E-state index is 0. The van der Waals surface area contributed by atoms with Crippen LogP contribution >= 0.6 is 24.0 Å². The highest BCUT2D eigenvalue weighted by molar-refractivity contribution is 14.0. The van der Waals surface area contributed by atoms with Crippen LogP contribution in [0.2, 0.25) is 0 Å². The van der Waals surface area contributed by atoms with Crippen molar-refractivity contribution in [2.45, 2.75) is 46.5 Å². The van der Waals surface area contributed by atoms with Crippen molar-refractivity contribution in [3.05, 3.63) is 0 Å². The molecule has 0 radical (unpaired) electrons. The Morgan fingerprint density at radius 3 is 2.54 bits per heavy atom. The van der Waals surface area contributed by atoms with Gasteiger partial charge in [-0.15, -0.1) is 24.0 Å². The number of nitrogens with zero attached hydrogens (tertiary/aromatic N) is 3. The van der Waals surface area contributed by atoms with Crippen LogP contribution in [0.15, 0.2) is 4.99 Å². The lowest BCUT2D eigenvalue weighted by molar-refractivity contribution is -0.123. The zero-order chi connectivity index (χ0) is 18.1. The van der Waals surface area contributed by atoms with Crippen LogP contribution in [-0.4, -0.2) is 74.0 Å². The molecule has 1 amide bonds. The van der Waals surface area contributed by atoms with E-state index in [0.29, 0.717) is 13.1 Å². The standard InChI is InChI=1S/C19H37N5O.HI/c1-4-20-19(22-10-9-21-18(25)16(2)3)24-13-8-17(15-24)14-23-11-6-5-7-12-23;/h16-17H,4-15H2,1-3H3,(H,20,22)(H,21,25);1H. The van der Waals surface area contributed by atoms with Crippen molar-refractivity contribution in [2.75, 3.05) is 52.4 Å². The first-order valence-electron chi connectivity index (χ1n) is 10.1. The molecule has 0 aromatic carbocycles. The molecule has 1 atom stereocenters. The van der Waals surface area contributed by atoms with E-state index in [2.05, 4.69) is 27.4 Å². The van der Waals surface area contributed by atoms with E-state index < -0.39 is 0 Å². The van der Waals surface area contributed by atoms with Crippen LogP contribution in [0, 0.1) is 11.8 Å². The fourth-order valence-electron chi connectivity index (χ4n) is 3.65. The predicted molar refractivity (Wildman–Crippen MR) is 119 cm³/mol. The lowest BCUT2D eigenvalue weighted by atomic mass is 10.1. The number of guanidine groups is 1. The number of rotatable bonds is 7. The van der Waals surface area contributed by atoms with Crippen molar-refractivity contribution in [3.8, 4) is 0 Å². The highest BCUT2D eigenvalue weighted by Gasteiger charge is 2.26. The van der Waals surface area contributed by atoms with Gasteiger partial charge in [0.1, 0.15) is 0 Å². The Morgan fingerprint density at radius 2 is 1.88 bits per heavy atom. The number of carbonyl (C=O) groups is 1. The summed E-state index contributed by atoms with van der Waals surface area (Å²) >= 11 is 0. The molecule has 1 unspecified atom stereocenters. The van der Waals surface area contributed by atoms with E-state index >= 15 is 0 Å². The van der Waals surface area contributed by atoms with Crippen molar-refractivity contribution in [1.82, 2.24) is 20.4 Å². The Hall–Kier alpha value is -0.570. The average molecular weight is 479 g/mol. The molecular weight excluding hydrogens is 441 g/mol. The minimum absolute atomic E-state index is 0. The number of aliphatic imine (C=N–C) groups is 1. The van der Waals surface area contributed by atoms with Gasteiger partial charge in [-0.2, -0.15) is 0 Å². The van der Waals surface area contributed by atoms with Crippen molar-refractivity contribution in [2.24, 2.45) is 16.8 Å². The summed E-state index contributed by atoms with van der Waals surface area (Å²) in [4.78, 5) is 21.4.